The smallest absolute Gasteiger partial charge is 0.167 e. The number of ether oxygens (including phenoxy) is 1. The van der Waals surface area contributed by atoms with Gasteiger partial charge in [-0.15, -0.1) is 0 Å². The number of rotatable bonds is 2. The van der Waals surface area contributed by atoms with E-state index in [4.69, 9.17) is 10.00 Å². The summed E-state index contributed by atoms with van der Waals surface area (Å²) in [5, 5.41) is 9.15. The van der Waals surface area contributed by atoms with Gasteiger partial charge in [-0.25, -0.2) is 0 Å². The van der Waals surface area contributed by atoms with Gasteiger partial charge in [0.25, 0.3) is 0 Å². The Morgan fingerprint density at radius 1 is 1.32 bits per heavy atom. The molecule has 0 amide bonds. The number of fused-ring (bicyclic) bond motifs is 2. The second kappa shape index (κ2) is 4.79. The number of nitrogens with zero attached hydrogens (tertiary/aromatic N) is 1. The first-order valence-corrected chi connectivity index (χ1v) is 6.88. The minimum atomic E-state index is 0.0279. The predicted octanol–water partition coefficient (Wildman–Crippen LogP) is 3.01. The van der Waals surface area contributed by atoms with Gasteiger partial charge in [0.05, 0.1) is 23.8 Å². The lowest BCUT2D eigenvalue weighted by Gasteiger charge is -2.27. The molecule has 98 valence electrons. The molecule has 0 saturated carbocycles. The highest BCUT2D eigenvalue weighted by Gasteiger charge is 2.38. The molecule has 3 nitrogen and oxygen atoms in total. The Hall–Kier alpha value is -1.66. The Morgan fingerprint density at radius 3 is 2.63 bits per heavy atom. The number of benzene rings is 1. The Labute approximate surface area is 113 Å². The van der Waals surface area contributed by atoms with Gasteiger partial charge in [0.2, 0.25) is 0 Å². The second-order valence-corrected chi connectivity index (χ2v) is 5.65. The van der Waals surface area contributed by atoms with E-state index in [0.717, 1.165) is 31.2 Å². The molecule has 3 rings (SSSR count). The number of carbonyl (C=O) groups excluding carboxylic acids is 1. The zero-order valence-corrected chi connectivity index (χ0v) is 11.1. The average molecular weight is 255 g/mol. The van der Waals surface area contributed by atoms with Crippen molar-refractivity contribution in [2.24, 2.45) is 5.92 Å². The first-order valence-electron chi connectivity index (χ1n) is 6.88. The maximum atomic E-state index is 12.6. The van der Waals surface area contributed by atoms with Crippen LogP contribution in [0.2, 0.25) is 0 Å². The Morgan fingerprint density at radius 2 is 2.00 bits per heavy atom. The lowest BCUT2D eigenvalue weighted by Crippen LogP contribution is -2.30. The van der Waals surface area contributed by atoms with Crippen molar-refractivity contribution in [1.82, 2.24) is 0 Å². The molecule has 3 heteroatoms. The van der Waals surface area contributed by atoms with Crippen molar-refractivity contribution in [2.75, 3.05) is 0 Å². The molecule has 2 fully saturated rings. The van der Waals surface area contributed by atoms with Crippen LogP contribution in [-0.4, -0.2) is 18.0 Å². The van der Waals surface area contributed by atoms with Crippen LogP contribution < -0.4 is 0 Å². The van der Waals surface area contributed by atoms with Crippen LogP contribution in [0.25, 0.3) is 0 Å². The van der Waals surface area contributed by atoms with Crippen LogP contribution >= 0.6 is 0 Å². The summed E-state index contributed by atoms with van der Waals surface area (Å²) in [6, 6.07) is 7.60. The van der Waals surface area contributed by atoms with Gasteiger partial charge in [0.15, 0.2) is 5.78 Å². The van der Waals surface area contributed by atoms with E-state index in [1.807, 2.05) is 19.1 Å². The largest absolute Gasteiger partial charge is 0.375 e. The fourth-order valence-electron chi connectivity index (χ4n) is 3.25. The van der Waals surface area contributed by atoms with Gasteiger partial charge in [-0.05, 0) is 44.7 Å². The van der Waals surface area contributed by atoms with Crippen molar-refractivity contribution in [3.05, 3.63) is 34.9 Å². The number of hydrogen-bond acceptors (Lipinski definition) is 3. The number of carbonyl (C=O) groups is 1. The normalized spacial score (nSPS) is 28.9. The van der Waals surface area contributed by atoms with Crippen LogP contribution in [-0.2, 0) is 4.74 Å². The third kappa shape index (κ3) is 2.29. The predicted molar refractivity (Wildman–Crippen MR) is 70.8 cm³/mol. The summed E-state index contributed by atoms with van der Waals surface area (Å²) in [5.41, 5.74) is 2.11. The fourth-order valence-corrected chi connectivity index (χ4v) is 3.25. The van der Waals surface area contributed by atoms with Crippen LogP contribution in [0.1, 0.15) is 47.2 Å². The standard InChI is InChI=1S/C16H17NO2/c1-10-2-3-11(9-17)15(6-10)16(18)12-7-13-4-5-14(8-12)19-13/h2-3,6,12-14H,4-5,7-8H2,1H3. The van der Waals surface area contributed by atoms with Crippen molar-refractivity contribution < 1.29 is 9.53 Å². The van der Waals surface area contributed by atoms with Gasteiger partial charge < -0.3 is 4.74 Å². The summed E-state index contributed by atoms with van der Waals surface area (Å²) < 4.78 is 5.78. The fraction of sp³-hybridized carbons (Fsp3) is 0.500. The summed E-state index contributed by atoms with van der Waals surface area (Å²) >= 11 is 0. The number of hydrogen-bond donors (Lipinski definition) is 0. The van der Waals surface area contributed by atoms with E-state index >= 15 is 0 Å². The number of ketones is 1. The SMILES string of the molecule is Cc1ccc(C#N)c(C(=O)C2CC3CCC(C2)O3)c1. The van der Waals surface area contributed by atoms with Crippen LogP contribution in [0.5, 0.6) is 0 Å². The molecule has 0 spiro atoms. The lowest BCUT2D eigenvalue weighted by atomic mass is 9.86. The molecule has 0 aliphatic carbocycles. The number of nitriles is 1. The zero-order valence-electron chi connectivity index (χ0n) is 11.1. The molecule has 0 N–H and O–H groups in total. The van der Waals surface area contributed by atoms with E-state index in [1.54, 1.807) is 6.07 Å². The van der Waals surface area contributed by atoms with Gasteiger partial charge in [-0.2, -0.15) is 5.26 Å². The molecular weight excluding hydrogens is 238 g/mol. The van der Waals surface area contributed by atoms with Gasteiger partial charge in [-0.1, -0.05) is 11.6 Å². The summed E-state index contributed by atoms with van der Waals surface area (Å²) in [6.07, 6.45) is 4.29. The molecule has 1 aromatic rings. The lowest BCUT2D eigenvalue weighted by molar-refractivity contribution is -0.0149. The minimum absolute atomic E-state index is 0.0279. The summed E-state index contributed by atoms with van der Waals surface area (Å²) in [4.78, 5) is 12.6. The van der Waals surface area contributed by atoms with E-state index in [-0.39, 0.29) is 23.9 Å². The molecule has 2 saturated heterocycles. The number of aryl methyl sites for hydroxylation is 1. The molecule has 19 heavy (non-hydrogen) atoms. The molecule has 2 bridgehead atoms. The summed E-state index contributed by atoms with van der Waals surface area (Å²) in [7, 11) is 0. The molecule has 0 radical (unpaired) electrons. The van der Waals surface area contributed by atoms with E-state index in [0.29, 0.717) is 11.1 Å². The van der Waals surface area contributed by atoms with E-state index in [2.05, 4.69) is 6.07 Å². The van der Waals surface area contributed by atoms with Gasteiger partial charge >= 0.3 is 0 Å². The Kier molecular flexibility index (Phi) is 3.12. The van der Waals surface area contributed by atoms with Crippen LogP contribution in [0.4, 0.5) is 0 Å². The minimum Gasteiger partial charge on any atom is -0.375 e. The molecule has 1 aromatic carbocycles. The van der Waals surface area contributed by atoms with Crippen molar-refractivity contribution >= 4 is 5.78 Å². The average Bonchev–Trinajstić information content (AvgIpc) is 2.76. The molecular formula is C16H17NO2. The molecule has 2 aliphatic heterocycles. The van der Waals surface area contributed by atoms with Crippen molar-refractivity contribution in [1.29, 1.82) is 5.26 Å². The molecule has 2 atom stereocenters. The highest BCUT2D eigenvalue weighted by molar-refractivity contribution is 6.00. The van der Waals surface area contributed by atoms with Gasteiger partial charge in [-0.3, -0.25) is 4.79 Å². The van der Waals surface area contributed by atoms with Crippen molar-refractivity contribution in [2.45, 2.75) is 44.8 Å². The maximum Gasteiger partial charge on any atom is 0.167 e. The highest BCUT2D eigenvalue weighted by atomic mass is 16.5. The van der Waals surface area contributed by atoms with Crippen LogP contribution in [0.15, 0.2) is 18.2 Å². The maximum absolute atomic E-state index is 12.6. The molecule has 2 unspecified atom stereocenters. The number of Topliss-reactive ketones (excluding diaryl/α,β-unsaturated/α-hetero) is 1. The van der Waals surface area contributed by atoms with E-state index in [9.17, 15) is 4.79 Å². The Bertz CT molecular complexity index is 546. The highest BCUT2D eigenvalue weighted by Crippen LogP contribution is 2.37. The third-order valence-electron chi connectivity index (χ3n) is 4.22. The van der Waals surface area contributed by atoms with Crippen molar-refractivity contribution in [3.63, 3.8) is 0 Å². The van der Waals surface area contributed by atoms with E-state index < -0.39 is 0 Å². The first kappa shape index (κ1) is 12.4. The van der Waals surface area contributed by atoms with Crippen LogP contribution in [0.3, 0.4) is 0 Å². The molecule has 2 aliphatic rings. The van der Waals surface area contributed by atoms with Gasteiger partial charge in [0, 0.05) is 11.5 Å². The second-order valence-electron chi connectivity index (χ2n) is 5.65. The van der Waals surface area contributed by atoms with Gasteiger partial charge in [0.1, 0.15) is 0 Å². The quantitative estimate of drug-likeness (QED) is 0.763. The Balaban J connectivity index is 1.88. The third-order valence-corrected chi connectivity index (χ3v) is 4.22. The summed E-state index contributed by atoms with van der Waals surface area (Å²) in [6.45, 7) is 1.95. The summed E-state index contributed by atoms with van der Waals surface area (Å²) in [5.74, 6) is 0.153. The molecule has 2 heterocycles. The van der Waals surface area contributed by atoms with Crippen LogP contribution in [0, 0.1) is 24.2 Å². The first-order chi connectivity index (χ1) is 9.17. The van der Waals surface area contributed by atoms with Crippen molar-refractivity contribution in [3.8, 4) is 6.07 Å². The zero-order chi connectivity index (χ0) is 13.4. The monoisotopic (exact) mass is 255 g/mol. The molecule has 0 aromatic heterocycles. The van der Waals surface area contributed by atoms with E-state index in [1.165, 1.54) is 0 Å². The topological polar surface area (TPSA) is 50.1 Å².